The lowest BCUT2D eigenvalue weighted by Crippen LogP contribution is -2.53. The lowest BCUT2D eigenvalue weighted by Gasteiger charge is -2.57. The quantitative estimate of drug-likeness (QED) is 0.684. The average Bonchev–Trinajstić information content (AvgIpc) is 2.45. The van der Waals surface area contributed by atoms with Gasteiger partial charge in [0.1, 0.15) is 6.07 Å². The molecule has 1 unspecified atom stereocenters. The maximum atomic E-state index is 12.6. The van der Waals surface area contributed by atoms with Crippen LogP contribution >= 0.6 is 0 Å². The van der Waals surface area contributed by atoms with Crippen LogP contribution in [0.2, 0.25) is 0 Å². The van der Waals surface area contributed by atoms with Gasteiger partial charge in [0.15, 0.2) is 11.6 Å². The van der Waals surface area contributed by atoms with Gasteiger partial charge in [-0.1, -0.05) is 39.3 Å². The molecule has 0 saturated heterocycles. The summed E-state index contributed by atoms with van der Waals surface area (Å²) in [5.74, 6) is 0.273. The van der Waals surface area contributed by atoms with Gasteiger partial charge in [-0.05, 0) is 36.7 Å². The minimum atomic E-state index is -0.558. The van der Waals surface area contributed by atoms with Crippen molar-refractivity contribution in [3.63, 3.8) is 0 Å². The van der Waals surface area contributed by atoms with Gasteiger partial charge in [0.25, 0.3) is 0 Å². The molecule has 116 valence electrons. The standard InChI is InChI=1S/C19H23NO2/c1-17(2)14-6-8-18(3)7-5-13(21)9-15(18)19(14,4)10-12(11-20)16(17)22/h9-10,14H,5-8H2,1-4H3/t14-,18?,19-/m0/s1. The normalized spacial score (nSPS) is 40.0. The van der Waals surface area contributed by atoms with Crippen molar-refractivity contribution in [3.05, 3.63) is 23.3 Å². The van der Waals surface area contributed by atoms with E-state index < -0.39 is 5.41 Å². The first kappa shape index (κ1) is 15.2. The zero-order valence-corrected chi connectivity index (χ0v) is 13.8. The van der Waals surface area contributed by atoms with Gasteiger partial charge in [0, 0.05) is 17.3 Å². The Morgan fingerprint density at radius 1 is 1.18 bits per heavy atom. The first-order valence-electron chi connectivity index (χ1n) is 8.08. The van der Waals surface area contributed by atoms with E-state index in [0.717, 1.165) is 24.8 Å². The van der Waals surface area contributed by atoms with Crippen molar-refractivity contribution in [1.82, 2.24) is 0 Å². The first-order chi connectivity index (χ1) is 10.1. The van der Waals surface area contributed by atoms with Crippen LogP contribution in [0, 0.1) is 33.5 Å². The summed E-state index contributed by atoms with van der Waals surface area (Å²) in [6.45, 7) is 8.26. The number of nitrogens with zero attached hydrogens (tertiary/aromatic N) is 1. The number of carbonyl (C=O) groups excluding carboxylic acids is 2. The Morgan fingerprint density at radius 2 is 1.86 bits per heavy atom. The van der Waals surface area contributed by atoms with Crippen molar-refractivity contribution in [3.8, 4) is 6.07 Å². The van der Waals surface area contributed by atoms with Crippen molar-refractivity contribution in [1.29, 1.82) is 5.26 Å². The largest absolute Gasteiger partial charge is 0.295 e. The minimum absolute atomic E-state index is 0.0205. The number of hydrogen-bond acceptors (Lipinski definition) is 3. The van der Waals surface area contributed by atoms with E-state index in [4.69, 9.17) is 0 Å². The summed E-state index contributed by atoms with van der Waals surface area (Å²) < 4.78 is 0. The molecule has 1 fully saturated rings. The second-order valence-electron chi connectivity index (χ2n) is 8.18. The molecule has 0 aromatic carbocycles. The highest BCUT2D eigenvalue weighted by Gasteiger charge is 2.58. The second-order valence-corrected chi connectivity index (χ2v) is 8.18. The molecule has 0 spiro atoms. The van der Waals surface area contributed by atoms with Gasteiger partial charge >= 0.3 is 0 Å². The summed E-state index contributed by atoms with van der Waals surface area (Å²) in [7, 11) is 0. The van der Waals surface area contributed by atoms with Crippen LogP contribution in [0.3, 0.4) is 0 Å². The highest BCUT2D eigenvalue weighted by Crippen LogP contribution is 2.63. The van der Waals surface area contributed by atoms with Crippen LogP contribution < -0.4 is 0 Å². The molecule has 3 rings (SSSR count). The fraction of sp³-hybridized carbons (Fsp3) is 0.632. The Balaban J connectivity index is 2.25. The topological polar surface area (TPSA) is 57.9 Å². The highest BCUT2D eigenvalue weighted by molar-refractivity contribution is 6.04. The molecule has 0 N–H and O–H groups in total. The van der Waals surface area contributed by atoms with Gasteiger partial charge in [-0.2, -0.15) is 5.26 Å². The third-order valence-corrected chi connectivity index (χ3v) is 6.43. The maximum absolute atomic E-state index is 12.6. The number of fused-ring (bicyclic) bond motifs is 3. The molecule has 3 aliphatic carbocycles. The fourth-order valence-electron chi connectivity index (χ4n) is 5.20. The van der Waals surface area contributed by atoms with Gasteiger partial charge in [-0.15, -0.1) is 0 Å². The molecular formula is C19H23NO2. The molecule has 22 heavy (non-hydrogen) atoms. The number of Topliss-reactive ketones (excluding diaryl/α,β-unsaturated/α-hetero) is 1. The van der Waals surface area contributed by atoms with E-state index in [-0.39, 0.29) is 33.9 Å². The smallest absolute Gasteiger partial charge is 0.178 e. The van der Waals surface area contributed by atoms with Crippen LogP contribution in [0.1, 0.15) is 53.4 Å². The Bertz CT molecular complexity index is 676. The molecule has 3 atom stereocenters. The average molecular weight is 297 g/mol. The maximum Gasteiger partial charge on any atom is 0.178 e. The monoisotopic (exact) mass is 297 g/mol. The van der Waals surface area contributed by atoms with Gasteiger partial charge < -0.3 is 0 Å². The summed E-state index contributed by atoms with van der Waals surface area (Å²) in [5.41, 5.74) is 0.489. The third-order valence-electron chi connectivity index (χ3n) is 6.43. The number of hydrogen-bond donors (Lipinski definition) is 0. The van der Waals surface area contributed by atoms with Crippen LogP contribution in [0.5, 0.6) is 0 Å². The molecule has 0 aromatic rings. The molecule has 0 bridgehead atoms. The van der Waals surface area contributed by atoms with Crippen LogP contribution in [0.15, 0.2) is 23.3 Å². The zero-order chi connectivity index (χ0) is 16.3. The van der Waals surface area contributed by atoms with E-state index in [1.54, 1.807) is 0 Å². The van der Waals surface area contributed by atoms with Crippen molar-refractivity contribution in [2.75, 3.05) is 0 Å². The van der Waals surface area contributed by atoms with E-state index >= 15 is 0 Å². The SMILES string of the molecule is CC12CCC(=O)C=C1[C@@]1(C)C=C(C#N)C(=O)C(C)(C)[C@@H]1CC2. The Morgan fingerprint density at radius 3 is 2.50 bits per heavy atom. The molecule has 1 saturated carbocycles. The van der Waals surface area contributed by atoms with Gasteiger partial charge in [0.05, 0.1) is 5.57 Å². The molecule has 3 heteroatoms. The van der Waals surface area contributed by atoms with Gasteiger partial charge in [-0.25, -0.2) is 0 Å². The first-order valence-corrected chi connectivity index (χ1v) is 8.08. The van der Waals surface area contributed by atoms with Crippen molar-refractivity contribution < 1.29 is 9.59 Å². The number of carbonyl (C=O) groups is 2. The van der Waals surface area contributed by atoms with E-state index in [9.17, 15) is 14.9 Å². The molecule has 3 nitrogen and oxygen atoms in total. The fourth-order valence-corrected chi connectivity index (χ4v) is 5.20. The van der Waals surface area contributed by atoms with Crippen LogP contribution in [-0.2, 0) is 9.59 Å². The van der Waals surface area contributed by atoms with E-state index in [2.05, 4.69) is 19.9 Å². The lowest BCUT2D eigenvalue weighted by atomic mass is 9.45. The van der Waals surface area contributed by atoms with Crippen LogP contribution in [-0.4, -0.2) is 11.6 Å². The van der Waals surface area contributed by atoms with Gasteiger partial charge in [0.2, 0.25) is 0 Å². The molecule has 3 aliphatic rings. The third kappa shape index (κ3) is 1.79. The summed E-state index contributed by atoms with van der Waals surface area (Å²) >= 11 is 0. The Kier molecular flexibility index (Phi) is 3.05. The summed E-state index contributed by atoms with van der Waals surface area (Å²) in [5, 5.41) is 9.39. The predicted octanol–water partition coefficient (Wildman–Crippen LogP) is 3.76. The summed E-state index contributed by atoms with van der Waals surface area (Å²) in [4.78, 5) is 24.6. The van der Waals surface area contributed by atoms with E-state index in [1.165, 1.54) is 0 Å². The lowest BCUT2D eigenvalue weighted by molar-refractivity contribution is -0.130. The summed E-state index contributed by atoms with van der Waals surface area (Å²) in [6.07, 6.45) is 7.13. The Hall–Kier alpha value is -1.69. The number of nitriles is 1. The molecule has 0 amide bonds. The second kappa shape index (κ2) is 4.41. The highest BCUT2D eigenvalue weighted by atomic mass is 16.1. The number of rotatable bonds is 0. The number of allylic oxidation sites excluding steroid dienone is 4. The van der Waals surface area contributed by atoms with E-state index in [0.29, 0.717) is 6.42 Å². The predicted molar refractivity (Wildman–Crippen MR) is 83.7 cm³/mol. The molecule has 0 aliphatic heterocycles. The summed E-state index contributed by atoms with van der Waals surface area (Å²) in [6, 6.07) is 2.09. The van der Waals surface area contributed by atoms with Crippen LogP contribution in [0.25, 0.3) is 0 Å². The molecule has 0 radical (unpaired) electrons. The number of ketones is 2. The minimum Gasteiger partial charge on any atom is -0.295 e. The molecule has 0 heterocycles. The Labute approximate surface area is 132 Å². The zero-order valence-electron chi connectivity index (χ0n) is 13.8. The van der Waals surface area contributed by atoms with Crippen molar-refractivity contribution in [2.24, 2.45) is 22.2 Å². The van der Waals surface area contributed by atoms with Gasteiger partial charge in [-0.3, -0.25) is 9.59 Å². The molecular weight excluding hydrogens is 274 g/mol. The van der Waals surface area contributed by atoms with Crippen molar-refractivity contribution >= 4 is 11.6 Å². The molecule has 0 aromatic heterocycles. The van der Waals surface area contributed by atoms with E-state index in [1.807, 2.05) is 26.0 Å². The van der Waals surface area contributed by atoms with Crippen molar-refractivity contribution in [2.45, 2.75) is 53.4 Å². The van der Waals surface area contributed by atoms with Crippen LogP contribution in [0.4, 0.5) is 0 Å².